The molecule has 0 spiro atoms. The van der Waals surface area contributed by atoms with Gasteiger partial charge in [-0.3, -0.25) is 14.3 Å². The number of anilines is 1. The maximum Gasteiger partial charge on any atom is 0.260 e. The van der Waals surface area contributed by atoms with Gasteiger partial charge in [-0.25, -0.2) is 9.97 Å². The average molecular weight is 507 g/mol. The van der Waals surface area contributed by atoms with Crippen LogP contribution in [0.2, 0.25) is 5.02 Å². The molecule has 0 bridgehead atoms. The number of hydrogen-bond acceptors (Lipinski definition) is 8. The van der Waals surface area contributed by atoms with E-state index in [-0.39, 0.29) is 11.6 Å². The van der Waals surface area contributed by atoms with Gasteiger partial charge in [0.25, 0.3) is 5.56 Å². The highest BCUT2D eigenvalue weighted by Gasteiger charge is 2.19. The second-order valence-electron chi connectivity index (χ2n) is 8.78. The summed E-state index contributed by atoms with van der Waals surface area (Å²) in [5.41, 5.74) is 3.89. The van der Waals surface area contributed by atoms with E-state index in [1.807, 2.05) is 25.1 Å². The van der Waals surface area contributed by atoms with Gasteiger partial charge in [-0.15, -0.1) is 0 Å². The normalized spacial score (nSPS) is 15.5. The molecule has 10 heteroatoms. The fourth-order valence-corrected chi connectivity index (χ4v) is 4.60. The van der Waals surface area contributed by atoms with Crippen molar-refractivity contribution in [2.45, 2.75) is 32.4 Å². The number of fused-ring (bicyclic) bond motifs is 1. The van der Waals surface area contributed by atoms with Crippen LogP contribution in [0.5, 0.6) is 0 Å². The zero-order chi connectivity index (χ0) is 25.1. The summed E-state index contributed by atoms with van der Waals surface area (Å²) >= 11 is 6.71. The van der Waals surface area contributed by atoms with Gasteiger partial charge in [-0.2, -0.15) is 4.98 Å². The lowest BCUT2D eigenvalue weighted by Gasteiger charge is -2.15. The van der Waals surface area contributed by atoms with Crippen LogP contribution in [0.4, 0.5) is 5.95 Å². The molecule has 0 radical (unpaired) electrons. The third-order valence-electron chi connectivity index (χ3n) is 6.13. The molecule has 0 amide bonds. The van der Waals surface area contributed by atoms with Gasteiger partial charge in [0.15, 0.2) is 0 Å². The van der Waals surface area contributed by atoms with E-state index in [0.29, 0.717) is 60.5 Å². The molecule has 1 atom stereocenters. The predicted octanol–water partition coefficient (Wildman–Crippen LogP) is 4.11. The third-order valence-corrected chi connectivity index (χ3v) is 6.44. The Kier molecular flexibility index (Phi) is 7.22. The van der Waals surface area contributed by atoms with Crippen molar-refractivity contribution < 1.29 is 9.47 Å². The number of halogens is 1. The molecule has 0 unspecified atom stereocenters. The molecule has 1 aromatic carbocycles. The van der Waals surface area contributed by atoms with Crippen molar-refractivity contribution in [1.82, 2.24) is 24.5 Å². The van der Waals surface area contributed by atoms with Gasteiger partial charge in [0.05, 0.1) is 30.2 Å². The van der Waals surface area contributed by atoms with Crippen LogP contribution < -0.4 is 10.9 Å². The zero-order valence-corrected chi connectivity index (χ0v) is 21.0. The Morgan fingerprint density at radius 1 is 1.19 bits per heavy atom. The molecule has 1 aliphatic rings. The van der Waals surface area contributed by atoms with Gasteiger partial charge < -0.3 is 14.8 Å². The Balaban J connectivity index is 1.57. The lowest BCUT2D eigenvalue weighted by Crippen LogP contribution is -2.25. The number of benzene rings is 1. The molecule has 1 fully saturated rings. The number of rotatable bonds is 8. The average Bonchev–Trinajstić information content (AvgIpc) is 3.38. The molecular weight excluding hydrogens is 480 g/mol. The van der Waals surface area contributed by atoms with Gasteiger partial charge in [-0.05, 0) is 31.9 Å². The summed E-state index contributed by atoms with van der Waals surface area (Å²) < 4.78 is 12.3. The minimum Gasteiger partial charge on any atom is -0.385 e. The molecule has 9 nitrogen and oxygen atoms in total. The van der Waals surface area contributed by atoms with E-state index in [1.54, 1.807) is 36.3 Å². The van der Waals surface area contributed by atoms with Gasteiger partial charge in [0, 0.05) is 66.4 Å². The van der Waals surface area contributed by atoms with Crippen LogP contribution in [0.3, 0.4) is 0 Å². The highest BCUT2D eigenvalue weighted by Crippen LogP contribution is 2.31. The Morgan fingerprint density at radius 3 is 2.83 bits per heavy atom. The summed E-state index contributed by atoms with van der Waals surface area (Å²) in [7, 11) is 1.64. The van der Waals surface area contributed by atoms with Crippen molar-refractivity contribution in [3.8, 4) is 22.4 Å². The van der Waals surface area contributed by atoms with Crippen molar-refractivity contribution >= 4 is 28.6 Å². The fraction of sp³-hybridized carbons (Fsp3) is 0.346. The molecule has 1 aliphatic heterocycles. The van der Waals surface area contributed by atoms with Crippen LogP contribution >= 0.6 is 11.6 Å². The van der Waals surface area contributed by atoms with Crippen LogP contribution in [0.25, 0.3) is 33.4 Å². The minimum atomic E-state index is -0.169. The van der Waals surface area contributed by atoms with E-state index in [4.69, 9.17) is 26.1 Å². The van der Waals surface area contributed by atoms with Gasteiger partial charge in [0.2, 0.25) is 5.95 Å². The van der Waals surface area contributed by atoms with Crippen LogP contribution in [0, 0.1) is 6.92 Å². The van der Waals surface area contributed by atoms with Crippen LogP contribution in [-0.2, 0) is 16.0 Å². The molecule has 0 saturated carbocycles. The summed E-state index contributed by atoms with van der Waals surface area (Å²) in [6, 6.07) is 7.52. The number of ether oxygens (including phenoxy) is 2. The quantitative estimate of drug-likeness (QED) is 0.356. The predicted molar refractivity (Wildman–Crippen MR) is 139 cm³/mol. The van der Waals surface area contributed by atoms with E-state index in [9.17, 15) is 4.79 Å². The van der Waals surface area contributed by atoms with Crippen molar-refractivity contribution in [2.24, 2.45) is 0 Å². The highest BCUT2D eigenvalue weighted by molar-refractivity contribution is 6.33. The van der Waals surface area contributed by atoms with Crippen LogP contribution in [0.15, 0.2) is 47.7 Å². The summed E-state index contributed by atoms with van der Waals surface area (Å²) in [6.07, 6.45) is 6.68. The van der Waals surface area contributed by atoms with E-state index in [0.717, 1.165) is 28.8 Å². The van der Waals surface area contributed by atoms with E-state index >= 15 is 0 Å². The van der Waals surface area contributed by atoms with Gasteiger partial charge in [0.1, 0.15) is 5.65 Å². The summed E-state index contributed by atoms with van der Waals surface area (Å²) in [4.78, 5) is 31.6. The zero-order valence-electron chi connectivity index (χ0n) is 20.2. The topological polar surface area (TPSA) is 104 Å². The number of nitrogens with one attached hydrogen (secondary N) is 1. The first-order valence-electron chi connectivity index (χ1n) is 11.9. The highest BCUT2D eigenvalue weighted by atomic mass is 35.5. The lowest BCUT2D eigenvalue weighted by atomic mass is 10.0. The smallest absolute Gasteiger partial charge is 0.260 e. The molecule has 1 N–H and O–H groups in total. The fourth-order valence-electron chi connectivity index (χ4n) is 4.32. The van der Waals surface area contributed by atoms with Crippen LogP contribution in [0.1, 0.15) is 18.5 Å². The SMILES string of the molecule is COCCCn1c(=O)c(-c2ccc(-c3cncc(C)n3)cc2Cl)cc2cnc(N[C@@H]3CCOC3)nc21. The first kappa shape index (κ1) is 24.3. The number of pyridine rings is 1. The molecule has 0 aliphatic carbocycles. The summed E-state index contributed by atoms with van der Waals surface area (Å²) in [5.74, 6) is 0.479. The van der Waals surface area contributed by atoms with Crippen molar-refractivity contribution in [3.63, 3.8) is 0 Å². The Hall–Kier alpha value is -3.40. The molecule has 36 heavy (non-hydrogen) atoms. The second-order valence-corrected chi connectivity index (χ2v) is 9.19. The summed E-state index contributed by atoms with van der Waals surface area (Å²) in [6.45, 7) is 4.20. The lowest BCUT2D eigenvalue weighted by molar-refractivity contribution is 0.190. The van der Waals surface area contributed by atoms with Gasteiger partial charge >= 0.3 is 0 Å². The molecule has 3 aromatic heterocycles. The Labute approximate surface area is 213 Å². The van der Waals surface area contributed by atoms with Gasteiger partial charge in [-0.1, -0.05) is 23.7 Å². The molecule has 186 valence electrons. The van der Waals surface area contributed by atoms with Crippen molar-refractivity contribution in [1.29, 1.82) is 0 Å². The molecule has 5 rings (SSSR count). The number of aryl methyl sites for hydroxylation is 2. The first-order chi connectivity index (χ1) is 17.5. The largest absolute Gasteiger partial charge is 0.385 e. The van der Waals surface area contributed by atoms with E-state index in [1.165, 1.54) is 0 Å². The third kappa shape index (κ3) is 5.09. The minimum absolute atomic E-state index is 0.158. The molecule has 4 aromatic rings. The standard InChI is InChI=1S/C26H27ClN6O3/c1-16-12-28-14-23(30-16)17-4-5-20(22(27)11-17)21-10-18-13-29-26(31-19-6-9-36-15-19)32-24(18)33(25(21)34)7-3-8-35-2/h4-5,10-14,19H,3,6-9,15H2,1-2H3,(H,29,31,32)/t19-/m1/s1. The van der Waals surface area contributed by atoms with Crippen LogP contribution in [-0.4, -0.2) is 57.5 Å². The number of nitrogens with zero attached hydrogens (tertiary/aromatic N) is 5. The second kappa shape index (κ2) is 10.7. The number of methoxy groups -OCH3 is 1. The molecule has 4 heterocycles. The molecule has 1 saturated heterocycles. The van der Waals surface area contributed by atoms with E-state index < -0.39 is 0 Å². The van der Waals surface area contributed by atoms with E-state index in [2.05, 4.69) is 20.3 Å². The van der Waals surface area contributed by atoms with Crippen molar-refractivity contribution in [2.75, 3.05) is 32.2 Å². The number of hydrogen-bond donors (Lipinski definition) is 1. The maximum absolute atomic E-state index is 13.7. The molecular formula is C26H27ClN6O3. The number of aromatic nitrogens is 5. The Morgan fingerprint density at radius 2 is 2.08 bits per heavy atom. The monoisotopic (exact) mass is 506 g/mol. The first-order valence-corrected chi connectivity index (χ1v) is 12.2. The summed E-state index contributed by atoms with van der Waals surface area (Å²) in [5, 5.41) is 4.51. The maximum atomic E-state index is 13.7. The van der Waals surface area contributed by atoms with Crippen molar-refractivity contribution in [3.05, 3.63) is 63.9 Å². The Bertz CT molecular complexity index is 1450.